The SMILES string of the molecule is CCCC[C@H](CC)CN1C(=O)/C(=C/c2ccc(OC(=O)c3oc4ccccc4c3C)cc2)SC1=S. The van der Waals surface area contributed by atoms with Crippen LogP contribution < -0.4 is 4.74 Å². The molecule has 2 aromatic carbocycles. The number of unbranched alkanes of at least 4 members (excludes halogenated alkanes) is 1. The largest absolute Gasteiger partial charge is 0.449 e. The van der Waals surface area contributed by atoms with Crippen LogP contribution in [0.15, 0.2) is 57.9 Å². The number of hydrogen-bond acceptors (Lipinski definition) is 6. The van der Waals surface area contributed by atoms with Crippen LogP contribution in [0.3, 0.4) is 0 Å². The average molecular weight is 508 g/mol. The molecule has 1 atom stereocenters. The maximum absolute atomic E-state index is 13.0. The van der Waals surface area contributed by atoms with Gasteiger partial charge in [-0.3, -0.25) is 9.69 Å². The number of carbonyl (C=O) groups is 2. The van der Waals surface area contributed by atoms with E-state index in [2.05, 4.69) is 13.8 Å². The molecule has 4 rings (SSSR count). The second kappa shape index (κ2) is 11.2. The summed E-state index contributed by atoms with van der Waals surface area (Å²) < 4.78 is 11.8. The van der Waals surface area contributed by atoms with Crippen LogP contribution in [0.25, 0.3) is 17.0 Å². The lowest BCUT2D eigenvalue weighted by Crippen LogP contribution is -2.33. The summed E-state index contributed by atoms with van der Waals surface area (Å²) in [6.07, 6.45) is 6.29. The van der Waals surface area contributed by atoms with Crippen LogP contribution in [-0.4, -0.2) is 27.6 Å². The molecule has 7 heteroatoms. The van der Waals surface area contributed by atoms with E-state index in [0.717, 1.165) is 42.2 Å². The number of furan rings is 1. The van der Waals surface area contributed by atoms with Crippen LogP contribution in [0, 0.1) is 12.8 Å². The minimum atomic E-state index is -0.541. The Morgan fingerprint density at radius 3 is 2.60 bits per heavy atom. The van der Waals surface area contributed by atoms with E-state index in [9.17, 15) is 9.59 Å². The number of nitrogens with zero attached hydrogens (tertiary/aromatic N) is 1. The van der Waals surface area contributed by atoms with Gasteiger partial charge in [0.2, 0.25) is 5.76 Å². The van der Waals surface area contributed by atoms with Gasteiger partial charge in [-0.1, -0.05) is 87.4 Å². The van der Waals surface area contributed by atoms with E-state index in [1.807, 2.05) is 49.4 Å². The van der Waals surface area contributed by atoms with E-state index in [1.54, 1.807) is 17.0 Å². The molecule has 0 N–H and O–H groups in total. The van der Waals surface area contributed by atoms with Crippen molar-refractivity contribution in [2.75, 3.05) is 6.54 Å². The lowest BCUT2D eigenvalue weighted by molar-refractivity contribution is -0.122. The third kappa shape index (κ3) is 5.68. The van der Waals surface area contributed by atoms with Crippen molar-refractivity contribution >= 4 is 57.2 Å². The van der Waals surface area contributed by atoms with E-state index in [0.29, 0.717) is 33.0 Å². The first-order valence-electron chi connectivity index (χ1n) is 12.0. The second-order valence-electron chi connectivity index (χ2n) is 8.72. The molecular formula is C28H29NO4S2. The van der Waals surface area contributed by atoms with E-state index < -0.39 is 5.97 Å². The van der Waals surface area contributed by atoms with Gasteiger partial charge in [0.1, 0.15) is 15.7 Å². The predicted molar refractivity (Wildman–Crippen MR) is 146 cm³/mol. The van der Waals surface area contributed by atoms with Gasteiger partial charge in [-0.2, -0.15) is 0 Å². The molecule has 1 aromatic heterocycles. The molecular weight excluding hydrogens is 478 g/mol. The van der Waals surface area contributed by atoms with Gasteiger partial charge in [0.25, 0.3) is 5.91 Å². The Labute approximate surface area is 215 Å². The molecule has 35 heavy (non-hydrogen) atoms. The molecule has 1 aliphatic heterocycles. The molecule has 5 nitrogen and oxygen atoms in total. The normalized spacial score (nSPS) is 15.9. The Balaban J connectivity index is 1.42. The highest BCUT2D eigenvalue weighted by atomic mass is 32.2. The molecule has 182 valence electrons. The first-order chi connectivity index (χ1) is 16.9. The van der Waals surface area contributed by atoms with Crippen LogP contribution in [0.1, 0.15) is 61.2 Å². The number of esters is 1. The molecule has 2 heterocycles. The summed E-state index contributed by atoms with van der Waals surface area (Å²) in [6, 6.07) is 14.6. The van der Waals surface area contributed by atoms with Crippen LogP contribution in [-0.2, 0) is 4.79 Å². The molecule has 1 saturated heterocycles. The van der Waals surface area contributed by atoms with Crippen LogP contribution in [0.4, 0.5) is 0 Å². The van der Waals surface area contributed by atoms with Gasteiger partial charge in [-0.05, 0) is 49.1 Å². The van der Waals surface area contributed by atoms with Crippen molar-refractivity contribution in [1.29, 1.82) is 0 Å². The fourth-order valence-corrected chi connectivity index (χ4v) is 5.41. The minimum absolute atomic E-state index is 0.0363. The summed E-state index contributed by atoms with van der Waals surface area (Å²) in [5.74, 6) is 0.484. The van der Waals surface area contributed by atoms with Gasteiger partial charge in [-0.25, -0.2) is 4.79 Å². The van der Waals surface area contributed by atoms with E-state index >= 15 is 0 Å². The summed E-state index contributed by atoms with van der Waals surface area (Å²) in [5.41, 5.74) is 2.24. The average Bonchev–Trinajstić information content (AvgIpc) is 3.33. The number of fused-ring (bicyclic) bond motifs is 1. The molecule has 0 spiro atoms. The maximum atomic E-state index is 13.0. The van der Waals surface area contributed by atoms with Crippen molar-refractivity contribution in [3.05, 3.63) is 70.3 Å². The lowest BCUT2D eigenvalue weighted by atomic mass is 9.99. The zero-order valence-corrected chi connectivity index (χ0v) is 21.8. The molecule has 1 amide bonds. The van der Waals surface area contributed by atoms with Gasteiger partial charge in [0, 0.05) is 17.5 Å². The highest BCUT2D eigenvalue weighted by Crippen LogP contribution is 2.34. The highest BCUT2D eigenvalue weighted by Gasteiger charge is 2.33. The Kier molecular flexibility index (Phi) is 8.08. The summed E-state index contributed by atoms with van der Waals surface area (Å²) >= 11 is 6.84. The summed E-state index contributed by atoms with van der Waals surface area (Å²) in [4.78, 5) is 28.0. The molecule has 0 radical (unpaired) electrons. The molecule has 1 aliphatic rings. The van der Waals surface area contributed by atoms with Crippen LogP contribution >= 0.6 is 24.0 Å². The van der Waals surface area contributed by atoms with Crippen molar-refractivity contribution in [2.24, 2.45) is 5.92 Å². The standard InChI is InChI=1S/C28H29NO4S2/c1-4-6-9-19(5-2)17-29-26(30)24(35-28(29)34)16-20-12-14-21(15-13-20)32-27(31)25-18(3)22-10-7-8-11-23(22)33-25/h7-8,10-16,19H,4-6,9,17H2,1-3H3/b24-16-/t19-/m0/s1. The van der Waals surface area contributed by atoms with Crippen molar-refractivity contribution in [2.45, 2.75) is 46.5 Å². The quantitative estimate of drug-likeness (QED) is 0.130. The van der Waals surface area contributed by atoms with Crippen molar-refractivity contribution in [3.63, 3.8) is 0 Å². The number of aryl methyl sites for hydroxylation is 1. The third-order valence-corrected chi connectivity index (χ3v) is 7.65. The summed E-state index contributed by atoms with van der Waals surface area (Å²) in [5, 5.41) is 0.891. The predicted octanol–water partition coefficient (Wildman–Crippen LogP) is 7.38. The number of ether oxygens (including phenoxy) is 1. The highest BCUT2D eigenvalue weighted by molar-refractivity contribution is 8.26. The number of thiocarbonyl (C=S) groups is 1. The van der Waals surface area contributed by atoms with Gasteiger partial charge < -0.3 is 9.15 Å². The smallest absolute Gasteiger partial charge is 0.379 e. The van der Waals surface area contributed by atoms with Crippen LogP contribution in [0.2, 0.25) is 0 Å². The number of benzene rings is 2. The van der Waals surface area contributed by atoms with Crippen molar-refractivity contribution < 1.29 is 18.7 Å². The van der Waals surface area contributed by atoms with Gasteiger partial charge in [0.05, 0.1) is 4.91 Å². The topological polar surface area (TPSA) is 59.8 Å². The molecule has 0 saturated carbocycles. The van der Waals surface area contributed by atoms with Crippen molar-refractivity contribution in [1.82, 2.24) is 4.90 Å². The first kappa shape index (κ1) is 25.2. The monoisotopic (exact) mass is 507 g/mol. The number of carbonyl (C=O) groups excluding carboxylic acids is 2. The fraction of sp³-hybridized carbons (Fsp3) is 0.321. The molecule has 1 fully saturated rings. The van der Waals surface area contributed by atoms with Gasteiger partial charge >= 0.3 is 5.97 Å². The second-order valence-corrected chi connectivity index (χ2v) is 10.4. The van der Waals surface area contributed by atoms with Gasteiger partial charge in [0.15, 0.2) is 0 Å². The maximum Gasteiger partial charge on any atom is 0.379 e. The Hall–Kier alpha value is -2.90. The molecule has 0 bridgehead atoms. The number of para-hydroxylation sites is 1. The summed E-state index contributed by atoms with van der Waals surface area (Å²) in [6.45, 7) is 6.86. The van der Waals surface area contributed by atoms with Crippen LogP contribution in [0.5, 0.6) is 5.75 Å². The Morgan fingerprint density at radius 2 is 1.91 bits per heavy atom. The zero-order chi connectivity index (χ0) is 24.9. The van der Waals surface area contributed by atoms with E-state index in [-0.39, 0.29) is 11.7 Å². The fourth-order valence-electron chi connectivity index (χ4n) is 4.14. The van der Waals surface area contributed by atoms with E-state index in [1.165, 1.54) is 11.8 Å². The first-order valence-corrected chi connectivity index (χ1v) is 13.2. The Bertz CT molecular complexity index is 1280. The third-order valence-electron chi connectivity index (χ3n) is 6.28. The molecule has 3 aromatic rings. The zero-order valence-electron chi connectivity index (χ0n) is 20.2. The Morgan fingerprint density at radius 1 is 1.17 bits per heavy atom. The van der Waals surface area contributed by atoms with Gasteiger partial charge in [-0.15, -0.1) is 0 Å². The van der Waals surface area contributed by atoms with Crippen molar-refractivity contribution in [3.8, 4) is 5.75 Å². The summed E-state index contributed by atoms with van der Waals surface area (Å²) in [7, 11) is 0. The van der Waals surface area contributed by atoms with E-state index in [4.69, 9.17) is 21.4 Å². The minimum Gasteiger partial charge on any atom is -0.449 e. The number of rotatable bonds is 9. The lowest BCUT2D eigenvalue weighted by Gasteiger charge is -2.21. The number of amides is 1. The number of hydrogen-bond donors (Lipinski definition) is 0. The number of thioether (sulfide) groups is 1. The molecule has 0 aliphatic carbocycles. The molecule has 0 unspecified atom stereocenters.